The molecule has 0 spiro atoms. The minimum Gasteiger partial charge on any atom is -0.493 e. The third kappa shape index (κ3) is 5.95. The van der Waals surface area contributed by atoms with E-state index in [0.717, 1.165) is 16.9 Å². The van der Waals surface area contributed by atoms with Crippen LogP contribution < -0.4 is 19.8 Å². The van der Waals surface area contributed by atoms with Crippen LogP contribution in [0.3, 0.4) is 0 Å². The highest BCUT2D eigenvalue weighted by Crippen LogP contribution is 2.27. The van der Waals surface area contributed by atoms with Crippen LogP contribution in [0.5, 0.6) is 11.5 Å². The molecular weight excluding hydrogens is 406 g/mol. The van der Waals surface area contributed by atoms with E-state index in [2.05, 4.69) is 10.5 Å². The van der Waals surface area contributed by atoms with Gasteiger partial charge in [-0.1, -0.05) is 36.4 Å². The average Bonchev–Trinajstić information content (AvgIpc) is 2.84. The number of benzene rings is 3. The van der Waals surface area contributed by atoms with Gasteiger partial charge in [0, 0.05) is 24.2 Å². The molecule has 3 aromatic carbocycles. The van der Waals surface area contributed by atoms with Crippen LogP contribution in [0.1, 0.15) is 18.4 Å². The molecule has 32 heavy (non-hydrogen) atoms. The number of methoxy groups -OCH3 is 2. The zero-order valence-electron chi connectivity index (χ0n) is 18.0. The molecule has 7 heteroatoms. The van der Waals surface area contributed by atoms with E-state index in [4.69, 9.17) is 9.47 Å². The van der Waals surface area contributed by atoms with Crippen LogP contribution in [0, 0.1) is 0 Å². The number of hydrogen-bond acceptors (Lipinski definition) is 5. The summed E-state index contributed by atoms with van der Waals surface area (Å²) in [6.45, 7) is 0. The molecule has 0 aliphatic heterocycles. The Kier molecular flexibility index (Phi) is 7.97. The molecule has 0 atom stereocenters. The van der Waals surface area contributed by atoms with Gasteiger partial charge in [-0.15, -0.1) is 0 Å². The van der Waals surface area contributed by atoms with Crippen molar-refractivity contribution in [1.29, 1.82) is 0 Å². The van der Waals surface area contributed by atoms with Gasteiger partial charge in [-0.3, -0.25) is 14.5 Å². The molecule has 0 radical (unpaired) electrons. The number of hydrogen-bond donors (Lipinski definition) is 1. The van der Waals surface area contributed by atoms with E-state index in [-0.39, 0.29) is 24.7 Å². The van der Waals surface area contributed by atoms with Crippen molar-refractivity contribution in [2.75, 3.05) is 19.1 Å². The number of carbonyl (C=O) groups excluding carboxylic acids is 2. The summed E-state index contributed by atoms with van der Waals surface area (Å²) in [7, 11) is 3.11. The van der Waals surface area contributed by atoms with Gasteiger partial charge in [-0.2, -0.15) is 5.10 Å². The van der Waals surface area contributed by atoms with E-state index in [1.165, 1.54) is 6.21 Å². The van der Waals surface area contributed by atoms with Gasteiger partial charge in [0.15, 0.2) is 11.5 Å². The van der Waals surface area contributed by atoms with Gasteiger partial charge in [0.1, 0.15) is 0 Å². The zero-order chi connectivity index (χ0) is 22.8. The van der Waals surface area contributed by atoms with Crippen molar-refractivity contribution in [1.82, 2.24) is 5.43 Å². The molecule has 0 saturated heterocycles. The Hall–Kier alpha value is -4.13. The second kappa shape index (κ2) is 11.3. The first-order valence-electron chi connectivity index (χ1n) is 10.1. The van der Waals surface area contributed by atoms with Gasteiger partial charge in [0.05, 0.1) is 20.4 Å². The summed E-state index contributed by atoms with van der Waals surface area (Å²) in [5, 5.41) is 3.97. The number of nitrogens with zero attached hydrogens (tertiary/aromatic N) is 2. The van der Waals surface area contributed by atoms with Crippen LogP contribution >= 0.6 is 0 Å². The number of hydrazone groups is 1. The molecule has 0 saturated carbocycles. The lowest BCUT2D eigenvalue weighted by Crippen LogP contribution is -2.27. The Morgan fingerprint density at radius 2 is 1.44 bits per heavy atom. The number of amides is 2. The highest BCUT2D eigenvalue weighted by molar-refractivity contribution is 6.01. The Labute approximate surface area is 187 Å². The SMILES string of the molecule is COc1ccc(/C=N/NC(=O)CCC(=O)N(c2ccccc2)c2ccccc2)cc1OC. The van der Waals surface area contributed by atoms with Crippen molar-refractivity contribution in [3.8, 4) is 11.5 Å². The number of rotatable bonds is 9. The summed E-state index contributed by atoms with van der Waals surface area (Å²) in [4.78, 5) is 26.8. The summed E-state index contributed by atoms with van der Waals surface area (Å²) >= 11 is 0. The molecule has 0 aliphatic rings. The predicted octanol–water partition coefficient (Wildman–Crippen LogP) is 4.30. The molecule has 0 unspecified atom stereocenters. The fourth-order valence-corrected chi connectivity index (χ4v) is 3.09. The first kappa shape index (κ1) is 22.6. The lowest BCUT2D eigenvalue weighted by molar-refractivity contribution is -0.124. The van der Waals surface area contributed by atoms with Crippen molar-refractivity contribution < 1.29 is 19.1 Å². The maximum absolute atomic E-state index is 13.0. The summed E-state index contributed by atoms with van der Waals surface area (Å²) < 4.78 is 10.4. The molecular formula is C25H25N3O4. The maximum atomic E-state index is 13.0. The molecule has 1 N–H and O–H groups in total. The van der Waals surface area contributed by atoms with Gasteiger partial charge >= 0.3 is 0 Å². The van der Waals surface area contributed by atoms with Crippen LogP contribution in [0.15, 0.2) is 84.0 Å². The molecule has 0 heterocycles. The van der Waals surface area contributed by atoms with Crippen LogP contribution in [0.4, 0.5) is 11.4 Å². The number of para-hydroxylation sites is 2. The largest absolute Gasteiger partial charge is 0.493 e. The van der Waals surface area contributed by atoms with Gasteiger partial charge in [0.25, 0.3) is 0 Å². The lowest BCUT2D eigenvalue weighted by atomic mass is 10.2. The number of ether oxygens (including phenoxy) is 2. The minimum atomic E-state index is -0.351. The molecule has 0 fully saturated rings. The molecule has 7 nitrogen and oxygen atoms in total. The number of nitrogens with one attached hydrogen (secondary N) is 1. The quantitative estimate of drug-likeness (QED) is 0.405. The smallest absolute Gasteiger partial charge is 0.240 e. The predicted molar refractivity (Wildman–Crippen MR) is 125 cm³/mol. The van der Waals surface area contributed by atoms with Gasteiger partial charge in [0.2, 0.25) is 11.8 Å². The minimum absolute atomic E-state index is 0.0122. The molecule has 164 valence electrons. The van der Waals surface area contributed by atoms with Gasteiger partial charge < -0.3 is 9.47 Å². The average molecular weight is 431 g/mol. The van der Waals surface area contributed by atoms with Crippen LogP contribution in [0.2, 0.25) is 0 Å². The third-order valence-electron chi connectivity index (χ3n) is 4.65. The molecule has 0 bridgehead atoms. The summed E-state index contributed by atoms with van der Waals surface area (Å²) in [5.74, 6) is 0.640. The van der Waals surface area contributed by atoms with Crippen molar-refractivity contribution in [3.05, 3.63) is 84.4 Å². The molecule has 2 amide bonds. The van der Waals surface area contributed by atoms with E-state index in [1.54, 1.807) is 37.3 Å². The molecule has 0 aromatic heterocycles. The zero-order valence-corrected chi connectivity index (χ0v) is 18.0. The first-order valence-corrected chi connectivity index (χ1v) is 10.1. The topological polar surface area (TPSA) is 80.2 Å². The Morgan fingerprint density at radius 1 is 0.844 bits per heavy atom. The van der Waals surface area contributed by atoms with Crippen LogP contribution in [-0.4, -0.2) is 32.2 Å². The molecule has 3 rings (SSSR count). The fourth-order valence-electron chi connectivity index (χ4n) is 3.09. The van der Waals surface area contributed by atoms with Gasteiger partial charge in [-0.25, -0.2) is 5.43 Å². The van der Waals surface area contributed by atoms with E-state index < -0.39 is 0 Å². The maximum Gasteiger partial charge on any atom is 0.240 e. The van der Waals surface area contributed by atoms with Crippen LogP contribution in [0.25, 0.3) is 0 Å². The normalized spacial score (nSPS) is 10.6. The van der Waals surface area contributed by atoms with Gasteiger partial charge in [-0.05, 0) is 48.0 Å². The summed E-state index contributed by atoms with van der Waals surface area (Å²) in [6.07, 6.45) is 1.56. The number of anilines is 2. The molecule has 3 aromatic rings. The lowest BCUT2D eigenvalue weighted by Gasteiger charge is -2.23. The van der Waals surface area contributed by atoms with E-state index >= 15 is 0 Å². The van der Waals surface area contributed by atoms with Crippen molar-refractivity contribution in [2.24, 2.45) is 5.10 Å². The van der Waals surface area contributed by atoms with Crippen LogP contribution in [-0.2, 0) is 9.59 Å². The highest BCUT2D eigenvalue weighted by Gasteiger charge is 2.18. The van der Waals surface area contributed by atoms with E-state index in [9.17, 15) is 9.59 Å². The second-order valence-corrected chi connectivity index (χ2v) is 6.81. The molecule has 0 aliphatic carbocycles. The van der Waals surface area contributed by atoms with E-state index in [1.807, 2.05) is 60.7 Å². The first-order chi connectivity index (χ1) is 15.6. The number of carbonyl (C=O) groups is 2. The second-order valence-electron chi connectivity index (χ2n) is 6.81. The third-order valence-corrected chi connectivity index (χ3v) is 4.65. The van der Waals surface area contributed by atoms with Crippen molar-refractivity contribution in [3.63, 3.8) is 0 Å². The van der Waals surface area contributed by atoms with Crippen molar-refractivity contribution in [2.45, 2.75) is 12.8 Å². The Bertz CT molecular complexity index is 1030. The standard InChI is InChI=1S/C25H25N3O4/c1-31-22-14-13-19(17-23(22)32-2)18-26-27-24(29)15-16-25(30)28(20-9-5-3-6-10-20)21-11-7-4-8-12-21/h3-14,17-18H,15-16H2,1-2H3,(H,27,29)/b26-18+. The summed E-state index contributed by atoms with van der Waals surface area (Å²) in [5.41, 5.74) is 4.69. The van der Waals surface area contributed by atoms with E-state index in [0.29, 0.717) is 11.5 Å². The fraction of sp³-hybridized carbons (Fsp3) is 0.160. The monoisotopic (exact) mass is 431 g/mol. The van der Waals surface area contributed by atoms with Crippen molar-refractivity contribution >= 4 is 29.4 Å². The highest BCUT2D eigenvalue weighted by atomic mass is 16.5. The Balaban J connectivity index is 1.59. The summed E-state index contributed by atoms with van der Waals surface area (Å²) in [6, 6.07) is 24.0. The Morgan fingerprint density at radius 3 is 2.00 bits per heavy atom.